The van der Waals surface area contributed by atoms with Gasteiger partial charge in [0.2, 0.25) is 0 Å². The van der Waals surface area contributed by atoms with Crippen molar-refractivity contribution in [2.24, 2.45) is 170 Å². The molecule has 1 N–H and O–H groups in total. The number of fused-ring (bicyclic) bond motifs is 21. The Kier molecular flexibility index (Phi) is 24.4. The van der Waals surface area contributed by atoms with Gasteiger partial charge in [-0.2, -0.15) is 0 Å². The number of halogens is 1. The third-order valence-electron chi connectivity index (χ3n) is 42.3. The molecule has 12 nitrogen and oxygen atoms in total. The molecule has 15 fully saturated rings. The molecule has 0 saturated heterocycles. The summed E-state index contributed by atoms with van der Waals surface area (Å²) in [6, 6.07) is 0. The van der Waals surface area contributed by atoms with Crippen LogP contribution in [0.5, 0.6) is 0 Å². The Hall–Kier alpha value is -3.03. The summed E-state index contributed by atoms with van der Waals surface area (Å²) >= 11 is 3.30. The Morgan fingerprint density at radius 3 is 0.930 bits per heavy atom. The minimum absolute atomic E-state index is 0.00469. The number of hydrogen-bond acceptors (Lipinski definition) is 12. The van der Waals surface area contributed by atoms with E-state index in [1.165, 1.54) is 152 Å². The first-order valence-corrected chi connectivity index (χ1v) is 48.2. The predicted octanol–water partition coefficient (Wildman–Crippen LogP) is 24.2. The zero-order valence-electron chi connectivity index (χ0n) is 76.8. The molecule has 15 aliphatic rings. The molecule has 0 aromatic carbocycles. The van der Waals surface area contributed by atoms with Crippen LogP contribution in [0, 0.1) is 170 Å². The highest BCUT2D eigenvalue weighted by Gasteiger charge is 2.76. The molecule has 0 bridgehead atoms. The first-order valence-electron chi connectivity index (χ1n) is 47.1. The summed E-state index contributed by atoms with van der Waals surface area (Å²) in [4.78, 5) is 60.6. The number of esters is 5. The molecule has 0 aromatic heterocycles. The Morgan fingerprint density at radius 2 is 0.643 bits per heavy atom. The van der Waals surface area contributed by atoms with Crippen molar-refractivity contribution in [2.45, 2.75) is 363 Å². The summed E-state index contributed by atoms with van der Waals surface area (Å²) < 4.78 is 35.0. The lowest BCUT2D eigenvalue weighted by Gasteiger charge is -2.73. The van der Waals surface area contributed by atoms with Crippen molar-refractivity contribution in [1.29, 1.82) is 0 Å². The van der Waals surface area contributed by atoms with E-state index in [1.807, 2.05) is 6.92 Å². The highest BCUT2D eigenvalue weighted by Crippen LogP contribution is 2.82. The second-order valence-electron chi connectivity index (χ2n) is 47.3. The molecule has 0 aliphatic heterocycles. The number of ether oxygens (including phenoxy) is 6. The van der Waals surface area contributed by atoms with Crippen molar-refractivity contribution in [1.82, 2.24) is 0 Å². The predicted molar refractivity (Wildman–Crippen MR) is 463 cm³/mol. The van der Waals surface area contributed by atoms with Crippen LogP contribution in [0.4, 0.5) is 0 Å². The van der Waals surface area contributed by atoms with Gasteiger partial charge in [-0.05, 0) is 363 Å². The van der Waals surface area contributed by atoms with E-state index in [-0.39, 0.29) is 125 Å². The van der Waals surface area contributed by atoms with Gasteiger partial charge in [-0.1, -0.05) is 156 Å². The SMILES string of the molecule is C=C(C)[C@@H]1CC[C@]2(CO)CC[C@]3(C)[C@H](CC[C@@H]4[C@@]5(C)CC[C@H](OC(C)=O)C(C)(C)[C@@H]5CC[C@]43C)[C@@H]12.C=C(C)[C@@H]1CC[C@]2(COC(=O)CBr)CC[C@]3(C)[C@H](CC[C@@H]4[C@@]5(C)CC[C@H](OC(C)=O)C(C)(C)[C@@H]5CC[C@]43C)[C@@H]12.C=C(C)[C@@H]1CC[C@]2(COC(=O)COCC)CC[C@]3(C)[C@H](CC[C@@H]4[C@@]5(C)CC[C@H](OC(C)=O)C(C)(C)[C@@H]5CC[C@]43C)[C@@H]12. The van der Waals surface area contributed by atoms with E-state index in [9.17, 15) is 29.1 Å². The van der Waals surface area contributed by atoms with E-state index in [4.69, 9.17) is 28.4 Å². The summed E-state index contributed by atoms with van der Waals surface area (Å²) in [6.07, 6.45) is 36.0. The van der Waals surface area contributed by atoms with Crippen molar-refractivity contribution in [2.75, 3.05) is 38.4 Å². The molecule has 13 heteroatoms. The van der Waals surface area contributed by atoms with E-state index in [0.717, 1.165) is 63.7 Å². The molecule has 650 valence electrons. The van der Waals surface area contributed by atoms with Crippen molar-refractivity contribution < 1.29 is 57.5 Å². The highest BCUT2D eigenvalue weighted by molar-refractivity contribution is 9.09. The number of aliphatic hydroxyl groups is 1. The van der Waals surface area contributed by atoms with Gasteiger partial charge < -0.3 is 33.5 Å². The minimum Gasteiger partial charge on any atom is -0.464 e. The van der Waals surface area contributed by atoms with Crippen molar-refractivity contribution >= 4 is 45.8 Å². The molecule has 15 rings (SSSR count). The standard InChI is InChI=1S/C36H58O5.C34H53BrO4.C32H52O3/c1-10-39-21-30(38)40-22-36-18-13-25(23(2)3)31(36)26-11-12-28-33(7)16-15-29(41-24(4)37)32(5,6)27(33)14-17-35(28,9)34(26,8)19-20-36;1-21(2)23-11-16-34(20-38-28(37)19-35)18-17-32(7)24(29(23)34)9-10-26-31(6)14-13-27(39-22(3)36)30(4,5)25(31)12-15-33(26,32)8;1-20(2)22-11-16-32(19-33)18-17-30(7)23(27(22)32)9-10-25-29(6)14-13-26(35-21(3)34)28(4,5)24(29)12-15-31(25,30)8/h25-29,31H,2,10-22H2,1,3-9H3;23-27,29H,1,9-20H2,2-8H3;22-27,33H,1,9-19H2,2-8H3/t25-,26+,27-,28+,29-,31+,33-,34+,35+,36+;23-,24+,25-,26+,27-,29+,31-,32+,33+,34+;22-,23+,24-,25+,26-,27+,29-,30+,31+,32+/m000/s1. The van der Waals surface area contributed by atoms with Crippen LogP contribution < -0.4 is 0 Å². The lowest BCUT2D eigenvalue weighted by molar-refractivity contribution is -0.252. The molecule has 15 saturated carbocycles. The lowest BCUT2D eigenvalue weighted by atomic mass is 9.32. The summed E-state index contributed by atoms with van der Waals surface area (Å²) in [5, 5.41) is 11.0. The Bertz CT molecular complexity index is 3700. The average Bonchev–Trinajstić information content (AvgIpc) is 1.63. The van der Waals surface area contributed by atoms with E-state index < -0.39 is 0 Å². The summed E-state index contributed by atoms with van der Waals surface area (Å²) in [6.45, 7) is 66.9. The van der Waals surface area contributed by atoms with Gasteiger partial charge >= 0.3 is 29.8 Å². The van der Waals surface area contributed by atoms with Gasteiger partial charge in [-0.25, -0.2) is 4.79 Å². The van der Waals surface area contributed by atoms with Crippen LogP contribution in [0.3, 0.4) is 0 Å². The summed E-state index contributed by atoms with van der Waals surface area (Å²) in [7, 11) is 0. The number of carbonyl (C=O) groups is 5. The minimum atomic E-state index is -0.221. The second kappa shape index (κ2) is 31.3. The molecule has 115 heavy (non-hydrogen) atoms. The number of rotatable bonds is 15. The third kappa shape index (κ3) is 13.8. The molecule has 0 aromatic rings. The van der Waals surface area contributed by atoms with Crippen LogP contribution in [0.2, 0.25) is 0 Å². The molecule has 0 amide bonds. The monoisotopic (exact) mass is 1660 g/mol. The third-order valence-corrected chi connectivity index (χ3v) is 42.8. The van der Waals surface area contributed by atoms with E-state index >= 15 is 0 Å². The van der Waals surface area contributed by atoms with Crippen LogP contribution in [-0.2, 0) is 52.4 Å². The van der Waals surface area contributed by atoms with Gasteiger partial charge in [0.05, 0.1) is 13.2 Å². The Balaban J connectivity index is 0.000000151. The molecule has 15 aliphatic carbocycles. The number of allylic oxidation sites excluding steroid dienone is 3. The lowest BCUT2D eigenvalue weighted by Crippen LogP contribution is -2.67. The van der Waals surface area contributed by atoms with Gasteiger partial charge in [0.1, 0.15) is 30.2 Å². The zero-order chi connectivity index (χ0) is 84.2. The quantitative estimate of drug-likeness (QED) is 0.0716. The van der Waals surface area contributed by atoms with Crippen LogP contribution in [0.1, 0.15) is 345 Å². The van der Waals surface area contributed by atoms with E-state index in [0.29, 0.717) is 126 Å². The van der Waals surface area contributed by atoms with Gasteiger partial charge in [0, 0.05) is 61.1 Å². The van der Waals surface area contributed by atoms with Crippen LogP contribution in [0.15, 0.2) is 36.5 Å². The molecule has 0 spiro atoms. The fourth-order valence-electron chi connectivity index (χ4n) is 36.5. The van der Waals surface area contributed by atoms with Gasteiger partial charge in [0.25, 0.3) is 0 Å². The molecule has 0 heterocycles. The fourth-order valence-corrected chi connectivity index (χ4v) is 36.7. The fraction of sp³-hybridized carbons (Fsp3) is 0.892. The normalized spacial score (nSPS) is 48.8. The maximum atomic E-state index is 12.5. The van der Waals surface area contributed by atoms with Gasteiger partial charge in [-0.15, -0.1) is 0 Å². The molecule has 0 unspecified atom stereocenters. The van der Waals surface area contributed by atoms with Gasteiger partial charge in [-0.3, -0.25) is 19.2 Å². The van der Waals surface area contributed by atoms with Crippen LogP contribution in [0.25, 0.3) is 0 Å². The maximum absolute atomic E-state index is 12.5. The Labute approximate surface area is 707 Å². The molecule has 30 atom stereocenters. The smallest absolute Gasteiger partial charge is 0.332 e. The van der Waals surface area contributed by atoms with Crippen LogP contribution >= 0.6 is 15.9 Å². The average molecular weight is 1660 g/mol. The number of hydrogen-bond donors (Lipinski definition) is 1. The van der Waals surface area contributed by atoms with Crippen molar-refractivity contribution in [3.05, 3.63) is 36.5 Å². The summed E-state index contributed by atoms with van der Waals surface area (Å²) in [5.74, 6) is 8.31. The number of alkyl halides is 1. The zero-order valence-corrected chi connectivity index (χ0v) is 78.4. The Morgan fingerprint density at radius 1 is 0.348 bits per heavy atom. The first kappa shape index (κ1) is 89.7. The first-order chi connectivity index (χ1) is 53.6. The highest BCUT2D eigenvalue weighted by atomic mass is 79.9. The number of carbonyl (C=O) groups excluding carboxylic acids is 5. The van der Waals surface area contributed by atoms with E-state index in [1.54, 1.807) is 20.8 Å². The second-order valence-corrected chi connectivity index (χ2v) is 47.8. The van der Waals surface area contributed by atoms with Gasteiger partial charge in [0.15, 0.2) is 0 Å². The largest absolute Gasteiger partial charge is 0.464 e. The topological polar surface area (TPSA) is 161 Å². The van der Waals surface area contributed by atoms with E-state index in [2.05, 4.69) is 160 Å². The van der Waals surface area contributed by atoms with Crippen molar-refractivity contribution in [3.8, 4) is 0 Å². The van der Waals surface area contributed by atoms with Crippen molar-refractivity contribution in [3.63, 3.8) is 0 Å². The molecule has 0 radical (unpaired) electrons. The molecular weight excluding hydrogens is 1500 g/mol. The number of aliphatic hydroxyl groups excluding tert-OH is 1. The molecular formula is C102H163BrO12. The van der Waals surface area contributed by atoms with Crippen LogP contribution in [-0.4, -0.2) is 91.6 Å². The maximum Gasteiger partial charge on any atom is 0.332 e. The summed E-state index contributed by atoms with van der Waals surface area (Å²) in [5.41, 5.74) is 6.83.